The van der Waals surface area contributed by atoms with E-state index in [1.165, 1.54) is 6.07 Å². The van der Waals surface area contributed by atoms with Crippen molar-refractivity contribution in [3.05, 3.63) is 71.4 Å². The van der Waals surface area contributed by atoms with Gasteiger partial charge >= 0.3 is 6.18 Å². The highest BCUT2D eigenvalue weighted by atomic mass is 19.4. The lowest BCUT2D eigenvalue weighted by Gasteiger charge is -2.29. The summed E-state index contributed by atoms with van der Waals surface area (Å²) in [5, 5.41) is 7.37. The third-order valence-corrected chi connectivity index (χ3v) is 6.22. The third kappa shape index (κ3) is 4.51. The number of nitrogens with zero attached hydrogens (tertiary/aromatic N) is 4. The number of alkyl halides is 3. The number of aromatic nitrogens is 3. The van der Waals surface area contributed by atoms with Gasteiger partial charge in [-0.1, -0.05) is 30.3 Å². The van der Waals surface area contributed by atoms with Gasteiger partial charge in [0, 0.05) is 31.4 Å². The van der Waals surface area contributed by atoms with E-state index < -0.39 is 17.6 Å². The lowest BCUT2D eigenvalue weighted by atomic mass is 10.0. The van der Waals surface area contributed by atoms with Crippen LogP contribution in [0.5, 0.6) is 0 Å². The number of benzene rings is 2. The van der Waals surface area contributed by atoms with Crippen molar-refractivity contribution in [1.29, 1.82) is 0 Å². The van der Waals surface area contributed by atoms with Crippen LogP contribution in [0.4, 0.5) is 24.5 Å². The maximum absolute atomic E-state index is 14.0. The third-order valence-electron chi connectivity index (χ3n) is 6.22. The zero-order chi connectivity index (χ0) is 25.4. The first-order chi connectivity index (χ1) is 17.2. The van der Waals surface area contributed by atoms with Crippen molar-refractivity contribution in [3.63, 3.8) is 0 Å². The Balaban J connectivity index is 1.56. The molecule has 1 fully saturated rings. The number of rotatable bonds is 4. The summed E-state index contributed by atoms with van der Waals surface area (Å²) in [6.07, 6.45) is -4.65. The lowest BCUT2D eigenvalue weighted by Crippen LogP contribution is -2.36. The van der Waals surface area contributed by atoms with Gasteiger partial charge in [-0.05, 0) is 31.2 Å². The van der Waals surface area contributed by atoms with E-state index in [0.717, 1.165) is 11.6 Å². The van der Waals surface area contributed by atoms with Crippen molar-refractivity contribution in [2.24, 2.45) is 7.05 Å². The lowest BCUT2D eigenvalue weighted by molar-refractivity contribution is -0.136. The molecule has 0 aliphatic carbocycles. The van der Waals surface area contributed by atoms with E-state index in [9.17, 15) is 18.0 Å². The monoisotopic (exact) mass is 495 g/mol. The van der Waals surface area contributed by atoms with Crippen LogP contribution in [0.15, 0.2) is 54.6 Å². The molecule has 1 aliphatic rings. The summed E-state index contributed by atoms with van der Waals surface area (Å²) in [4.78, 5) is 20.0. The van der Waals surface area contributed by atoms with Crippen LogP contribution in [0.1, 0.15) is 21.6 Å². The van der Waals surface area contributed by atoms with Crippen LogP contribution in [-0.4, -0.2) is 47.0 Å². The molecule has 7 nitrogen and oxygen atoms in total. The van der Waals surface area contributed by atoms with E-state index in [0.29, 0.717) is 54.4 Å². The fourth-order valence-corrected chi connectivity index (χ4v) is 4.46. The molecule has 0 saturated carbocycles. The molecule has 10 heteroatoms. The topological polar surface area (TPSA) is 72.3 Å². The number of pyridine rings is 1. The number of hydrogen-bond donors (Lipinski definition) is 1. The van der Waals surface area contributed by atoms with Gasteiger partial charge in [0.25, 0.3) is 5.91 Å². The molecule has 36 heavy (non-hydrogen) atoms. The van der Waals surface area contributed by atoms with Crippen molar-refractivity contribution >= 4 is 28.3 Å². The van der Waals surface area contributed by atoms with Gasteiger partial charge < -0.3 is 15.0 Å². The molecule has 186 valence electrons. The molecule has 1 aliphatic heterocycles. The number of anilines is 2. The highest BCUT2D eigenvalue weighted by Gasteiger charge is 2.35. The Morgan fingerprint density at radius 1 is 1.06 bits per heavy atom. The van der Waals surface area contributed by atoms with E-state index in [2.05, 4.69) is 15.4 Å². The standard InChI is InChI=1S/C26H24F3N5O2/c1-16-23-19(15-22(17-6-4-3-5-7-17)30-24(23)33(2)32-16)25(35)31-21-9-8-18(14-20(21)26(27,28)29)34-10-12-36-13-11-34/h3-9,14-15H,10-13H2,1-2H3,(H,31,35). The Kier molecular flexibility index (Phi) is 6.13. The molecule has 4 aromatic rings. The van der Waals surface area contributed by atoms with Crippen LogP contribution >= 0.6 is 0 Å². The van der Waals surface area contributed by atoms with Gasteiger partial charge in [0.05, 0.1) is 46.8 Å². The molecule has 1 N–H and O–H groups in total. The van der Waals surface area contributed by atoms with Gasteiger partial charge in [-0.25, -0.2) is 4.98 Å². The number of morpholine rings is 1. The van der Waals surface area contributed by atoms with Gasteiger partial charge in [0.2, 0.25) is 0 Å². The second-order valence-electron chi connectivity index (χ2n) is 8.61. The quantitative estimate of drug-likeness (QED) is 0.429. The van der Waals surface area contributed by atoms with Crippen LogP contribution in [0.3, 0.4) is 0 Å². The molecular weight excluding hydrogens is 471 g/mol. The summed E-state index contributed by atoms with van der Waals surface area (Å²) in [6, 6.07) is 14.8. The summed E-state index contributed by atoms with van der Waals surface area (Å²) in [5.74, 6) is -0.666. The number of ether oxygens (including phenoxy) is 1. The van der Waals surface area contributed by atoms with Crippen molar-refractivity contribution in [1.82, 2.24) is 14.8 Å². The van der Waals surface area contributed by atoms with Gasteiger partial charge in [0.1, 0.15) is 0 Å². The number of fused-ring (bicyclic) bond motifs is 1. The van der Waals surface area contributed by atoms with Crippen molar-refractivity contribution in [2.75, 3.05) is 36.5 Å². The number of halogens is 3. The zero-order valence-corrected chi connectivity index (χ0v) is 19.8. The highest BCUT2D eigenvalue weighted by molar-refractivity contribution is 6.13. The molecule has 1 saturated heterocycles. The minimum absolute atomic E-state index is 0.204. The van der Waals surface area contributed by atoms with Gasteiger partial charge in [-0.2, -0.15) is 18.3 Å². The Labute approximate surface area is 205 Å². The average molecular weight is 496 g/mol. The van der Waals surface area contributed by atoms with E-state index >= 15 is 0 Å². The number of aryl methyl sites for hydroxylation is 2. The molecular formula is C26H24F3N5O2. The van der Waals surface area contributed by atoms with Crippen molar-refractivity contribution in [3.8, 4) is 11.3 Å². The summed E-state index contributed by atoms with van der Waals surface area (Å²) in [7, 11) is 1.71. The first-order valence-corrected chi connectivity index (χ1v) is 11.5. The Hall–Kier alpha value is -3.92. The largest absolute Gasteiger partial charge is 0.418 e. The first-order valence-electron chi connectivity index (χ1n) is 11.5. The minimum atomic E-state index is -4.65. The van der Waals surface area contributed by atoms with Gasteiger partial charge in [-0.15, -0.1) is 0 Å². The second kappa shape index (κ2) is 9.27. The molecule has 0 spiro atoms. The smallest absolute Gasteiger partial charge is 0.378 e. The van der Waals surface area contributed by atoms with Crippen LogP contribution in [0, 0.1) is 6.92 Å². The van der Waals surface area contributed by atoms with Crippen LogP contribution < -0.4 is 10.2 Å². The Bertz CT molecular complexity index is 1430. The summed E-state index contributed by atoms with van der Waals surface area (Å²) in [5.41, 5.74) is 1.75. The summed E-state index contributed by atoms with van der Waals surface area (Å²) >= 11 is 0. The first kappa shape index (κ1) is 23.8. The molecule has 0 unspecified atom stereocenters. The van der Waals surface area contributed by atoms with E-state index in [-0.39, 0.29) is 11.3 Å². The van der Waals surface area contributed by atoms with Crippen LogP contribution in [0.2, 0.25) is 0 Å². The molecule has 3 heterocycles. The molecule has 5 rings (SSSR count). The van der Waals surface area contributed by atoms with Gasteiger partial charge in [-0.3, -0.25) is 9.48 Å². The van der Waals surface area contributed by atoms with E-state index in [1.807, 2.05) is 35.2 Å². The fraction of sp³-hybridized carbons (Fsp3) is 0.269. The SMILES string of the molecule is Cc1nn(C)c2nc(-c3ccccc3)cc(C(=O)Nc3ccc(N4CCOCC4)cc3C(F)(F)F)c12. The second-order valence-corrected chi connectivity index (χ2v) is 8.61. The molecule has 0 atom stereocenters. The minimum Gasteiger partial charge on any atom is -0.378 e. The predicted molar refractivity (Wildman–Crippen MR) is 131 cm³/mol. The van der Waals surface area contributed by atoms with E-state index in [4.69, 9.17) is 4.74 Å². The van der Waals surface area contributed by atoms with Crippen molar-refractivity contribution in [2.45, 2.75) is 13.1 Å². The number of hydrogen-bond acceptors (Lipinski definition) is 5. The number of nitrogens with one attached hydrogen (secondary N) is 1. The molecule has 1 amide bonds. The predicted octanol–water partition coefficient (Wildman–Crippen LogP) is 5.05. The van der Waals surface area contributed by atoms with Crippen molar-refractivity contribution < 1.29 is 22.7 Å². The maximum Gasteiger partial charge on any atom is 0.418 e. The zero-order valence-electron chi connectivity index (χ0n) is 19.8. The summed E-state index contributed by atoms with van der Waals surface area (Å²) in [6.45, 7) is 3.64. The molecule has 0 bridgehead atoms. The maximum atomic E-state index is 14.0. The number of amides is 1. The number of carbonyl (C=O) groups excluding carboxylic acids is 1. The summed E-state index contributed by atoms with van der Waals surface area (Å²) < 4.78 is 49.0. The van der Waals surface area contributed by atoms with Crippen LogP contribution in [0.25, 0.3) is 22.3 Å². The molecule has 0 radical (unpaired) electrons. The Morgan fingerprint density at radius 3 is 2.47 bits per heavy atom. The highest BCUT2D eigenvalue weighted by Crippen LogP contribution is 2.38. The number of carbonyl (C=O) groups is 1. The normalized spacial score (nSPS) is 14.3. The Morgan fingerprint density at radius 2 is 1.78 bits per heavy atom. The molecule has 2 aromatic carbocycles. The molecule has 2 aromatic heterocycles. The fourth-order valence-electron chi connectivity index (χ4n) is 4.46. The van der Waals surface area contributed by atoms with Gasteiger partial charge in [0.15, 0.2) is 5.65 Å². The van der Waals surface area contributed by atoms with Crippen LogP contribution in [-0.2, 0) is 18.0 Å². The van der Waals surface area contributed by atoms with E-state index in [1.54, 1.807) is 30.8 Å². The average Bonchev–Trinajstić information content (AvgIpc) is 3.17.